The fraction of sp³-hybridized carbons (Fsp3) is 0.412. The Bertz CT molecular complexity index is 833. The lowest BCUT2D eigenvalue weighted by Gasteiger charge is -2.32. The van der Waals surface area contributed by atoms with Crippen molar-refractivity contribution in [2.75, 3.05) is 18.4 Å². The van der Waals surface area contributed by atoms with Crippen LogP contribution in [0.3, 0.4) is 0 Å². The summed E-state index contributed by atoms with van der Waals surface area (Å²) in [6, 6.07) is 8.27. The van der Waals surface area contributed by atoms with Crippen LogP contribution in [0.4, 0.5) is 5.82 Å². The van der Waals surface area contributed by atoms with Gasteiger partial charge in [0.15, 0.2) is 5.82 Å². The van der Waals surface area contributed by atoms with Crippen LogP contribution in [-0.2, 0) is 6.54 Å². The van der Waals surface area contributed by atoms with E-state index < -0.39 is 0 Å². The zero-order valence-electron chi connectivity index (χ0n) is 13.6. The highest BCUT2D eigenvalue weighted by Gasteiger charge is 2.21. The fourth-order valence-electron chi connectivity index (χ4n) is 3.16. The number of aromatic nitrogens is 4. The molecule has 3 aromatic rings. The summed E-state index contributed by atoms with van der Waals surface area (Å²) in [4.78, 5) is 15.7. The summed E-state index contributed by atoms with van der Waals surface area (Å²) in [6.45, 7) is 4.52. The number of nitrogens with zero attached hydrogens (tertiary/aromatic N) is 5. The van der Waals surface area contributed by atoms with Crippen LogP contribution in [0, 0.1) is 6.92 Å². The van der Waals surface area contributed by atoms with Crippen molar-refractivity contribution in [2.24, 2.45) is 0 Å². The summed E-state index contributed by atoms with van der Waals surface area (Å²) < 4.78 is 5.05. The molecule has 0 aliphatic carbocycles. The second kappa shape index (κ2) is 6.52. The Morgan fingerprint density at radius 1 is 1.25 bits per heavy atom. The molecule has 1 fully saturated rings. The number of nitrogens with one attached hydrogen (secondary N) is 1. The Hall–Kier alpha value is -2.54. The summed E-state index contributed by atoms with van der Waals surface area (Å²) in [7, 11) is 0. The normalized spacial score (nSPS) is 18.8. The first-order chi connectivity index (χ1) is 11.8. The molecule has 124 valence electrons. The van der Waals surface area contributed by atoms with E-state index in [1.54, 1.807) is 0 Å². The number of benzene rings is 1. The molecule has 1 N–H and O–H groups in total. The first kappa shape index (κ1) is 15.0. The minimum Gasteiger partial charge on any atom is -0.365 e. The maximum Gasteiger partial charge on any atom is 0.223 e. The lowest BCUT2D eigenvalue weighted by molar-refractivity contribution is 0.201. The Labute approximate surface area is 140 Å². The van der Waals surface area contributed by atoms with Crippen molar-refractivity contribution in [3.05, 3.63) is 42.2 Å². The highest BCUT2D eigenvalue weighted by atomic mass is 16.5. The van der Waals surface area contributed by atoms with Gasteiger partial charge in [-0.1, -0.05) is 17.3 Å². The Morgan fingerprint density at radius 2 is 2.12 bits per heavy atom. The van der Waals surface area contributed by atoms with Gasteiger partial charge in [0.05, 0.1) is 23.8 Å². The van der Waals surface area contributed by atoms with E-state index in [1.165, 1.54) is 0 Å². The molecule has 1 saturated heterocycles. The molecule has 7 nitrogen and oxygen atoms in total. The molecular formula is C17H20N6O. The van der Waals surface area contributed by atoms with Crippen molar-refractivity contribution in [1.29, 1.82) is 0 Å². The molecule has 4 rings (SSSR count). The molecule has 7 heteroatoms. The first-order valence-corrected chi connectivity index (χ1v) is 8.26. The monoisotopic (exact) mass is 324 g/mol. The number of para-hydroxylation sites is 2. The van der Waals surface area contributed by atoms with Crippen LogP contribution in [0.15, 0.2) is 35.0 Å². The van der Waals surface area contributed by atoms with Crippen LogP contribution in [0.25, 0.3) is 11.0 Å². The molecule has 0 amide bonds. The van der Waals surface area contributed by atoms with Crippen LogP contribution >= 0.6 is 0 Å². The fourth-order valence-corrected chi connectivity index (χ4v) is 3.16. The van der Waals surface area contributed by atoms with E-state index in [1.807, 2.05) is 37.4 Å². The van der Waals surface area contributed by atoms with E-state index in [0.717, 1.165) is 55.2 Å². The Kier molecular flexibility index (Phi) is 4.08. The van der Waals surface area contributed by atoms with Gasteiger partial charge in [0.25, 0.3) is 0 Å². The number of likely N-dealkylation sites (tertiary alicyclic amines) is 1. The molecule has 0 bridgehead atoms. The molecule has 1 atom stereocenters. The molecular weight excluding hydrogens is 304 g/mol. The van der Waals surface area contributed by atoms with Gasteiger partial charge in [-0.15, -0.1) is 0 Å². The number of anilines is 1. The SMILES string of the molecule is Cc1nc(CN2CCC[C@@H](Nc3cnc4ccccc4n3)C2)no1. The lowest BCUT2D eigenvalue weighted by Crippen LogP contribution is -2.41. The van der Waals surface area contributed by atoms with Gasteiger partial charge in [-0.05, 0) is 31.5 Å². The molecule has 0 radical (unpaired) electrons. The van der Waals surface area contributed by atoms with Crippen LogP contribution in [0.5, 0.6) is 0 Å². The zero-order valence-corrected chi connectivity index (χ0v) is 13.6. The minimum absolute atomic E-state index is 0.349. The molecule has 24 heavy (non-hydrogen) atoms. The Morgan fingerprint density at radius 3 is 2.96 bits per heavy atom. The molecule has 1 aliphatic heterocycles. The second-order valence-electron chi connectivity index (χ2n) is 6.19. The van der Waals surface area contributed by atoms with Crippen molar-refractivity contribution in [3.63, 3.8) is 0 Å². The molecule has 0 spiro atoms. The second-order valence-corrected chi connectivity index (χ2v) is 6.19. The third-order valence-electron chi connectivity index (χ3n) is 4.24. The van der Waals surface area contributed by atoms with Gasteiger partial charge in [-0.2, -0.15) is 4.98 Å². The number of hydrogen-bond donors (Lipinski definition) is 1. The quantitative estimate of drug-likeness (QED) is 0.789. The predicted octanol–water partition coefficient (Wildman–Crippen LogP) is 2.40. The standard InChI is InChI=1S/C17H20N6O/c1-12-19-17(22-24-12)11-23-8-4-5-13(10-23)20-16-9-18-14-6-2-3-7-15(14)21-16/h2-3,6-7,9,13H,4-5,8,10-11H2,1H3,(H,20,21)/t13-/m1/s1. The van der Waals surface area contributed by atoms with E-state index in [2.05, 4.69) is 30.3 Å². The number of fused-ring (bicyclic) bond motifs is 1. The average molecular weight is 324 g/mol. The van der Waals surface area contributed by atoms with E-state index in [9.17, 15) is 0 Å². The first-order valence-electron chi connectivity index (χ1n) is 8.26. The van der Waals surface area contributed by atoms with Gasteiger partial charge in [0.1, 0.15) is 5.82 Å². The number of piperidine rings is 1. The van der Waals surface area contributed by atoms with Crippen LogP contribution in [0.1, 0.15) is 24.6 Å². The summed E-state index contributed by atoms with van der Waals surface area (Å²) in [5.41, 5.74) is 1.83. The van der Waals surface area contributed by atoms with E-state index in [0.29, 0.717) is 11.9 Å². The molecule has 1 aliphatic rings. The highest BCUT2D eigenvalue weighted by Crippen LogP contribution is 2.17. The summed E-state index contributed by atoms with van der Waals surface area (Å²) in [6.07, 6.45) is 4.07. The average Bonchev–Trinajstić information content (AvgIpc) is 3.00. The van der Waals surface area contributed by atoms with Crippen LogP contribution in [0.2, 0.25) is 0 Å². The van der Waals surface area contributed by atoms with Gasteiger partial charge in [-0.3, -0.25) is 9.88 Å². The van der Waals surface area contributed by atoms with Crippen LogP contribution in [-0.4, -0.2) is 44.1 Å². The predicted molar refractivity (Wildman–Crippen MR) is 90.5 cm³/mol. The number of hydrogen-bond acceptors (Lipinski definition) is 7. The topological polar surface area (TPSA) is 80.0 Å². The highest BCUT2D eigenvalue weighted by molar-refractivity contribution is 5.75. The third-order valence-corrected chi connectivity index (χ3v) is 4.24. The van der Waals surface area contributed by atoms with Crippen molar-refractivity contribution in [3.8, 4) is 0 Å². The maximum atomic E-state index is 5.05. The number of rotatable bonds is 4. The largest absolute Gasteiger partial charge is 0.365 e. The maximum absolute atomic E-state index is 5.05. The van der Waals surface area contributed by atoms with Crippen molar-refractivity contribution >= 4 is 16.9 Å². The zero-order chi connectivity index (χ0) is 16.4. The molecule has 1 aromatic carbocycles. The number of aryl methyl sites for hydroxylation is 1. The summed E-state index contributed by atoms with van der Waals surface area (Å²) in [5.74, 6) is 2.19. The lowest BCUT2D eigenvalue weighted by atomic mass is 10.1. The summed E-state index contributed by atoms with van der Waals surface area (Å²) in [5, 5.41) is 7.50. The van der Waals surface area contributed by atoms with E-state index in [-0.39, 0.29) is 0 Å². The van der Waals surface area contributed by atoms with Gasteiger partial charge in [0, 0.05) is 19.5 Å². The summed E-state index contributed by atoms with van der Waals surface area (Å²) >= 11 is 0. The van der Waals surface area contributed by atoms with Gasteiger partial charge in [-0.25, -0.2) is 4.98 Å². The molecule has 0 unspecified atom stereocenters. The van der Waals surface area contributed by atoms with Crippen molar-refractivity contribution in [2.45, 2.75) is 32.4 Å². The molecule has 3 heterocycles. The van der Waals surface area contributed by atoms with Crippen molar-refractivity contribution in [1.82, 2.24) is 25.0 Å². The van der Waals surface area contributed by atoms with Crippen molar-refractivity contribution < 1.29 is 4.52 Å². The third kappa shape index (κ3) is 3.35. The Balaban J connectivity index is 1.41. The smallest absolute Gasteiger partial charge is 0.223 e. The molecule has 2 aromatic heterocycles. The van der Waals surface area contributed by atoms with Gasteiger partial charge >= 0.3 is 0 Å². The molecule has 0 saturated carbocycles. The van der Waals surface area contributed by atoms with E-state index >= 15 is 0 Å². The van der Waals surface area contributed by atoms with E-state index in [4.69, 9.17) is 4.52 Å². The van der Waals surface area contributed by atoms with Gasteiger partial charge in [0.2, 0.25) is 5.89 Å². The minimum atomic E-state index is 0.349. The van der Waals surface area contributed by atoms with Crippen LogP contribution < -0.4 is 5.32 Å². The van der Waals surface area contributed by atoms with Gasteiger partial charge < -0.3 is 9.84 Å².